The van der Waals surface area contributed by atoms with Gasteiger partial charge in [0.05, 0.1) is 17.6 Å². The Balaban J connectivity index is 2.13. The fraction of sp³-hybridized carbons (Fsp3) is 0.143. The lowest BCUT2D eigenvalue weighted by atomic mass is 10.2. The molecule has 0 aliphatic heterocycles. The van der Waals surface area contributed by atoms with Gasteiger partial charge in [-0.05, 0) is 36.8 Å². The van der Waals surface area contributed by atoms with Gasteiger partial charge in [0.15, 0.2) is 5.82 Å². The van der Waals surface area contributed by atoms with Crippen LogP contribution in [0.25, 0.3) is 22.6 Å². The summed E-state index contributed by atoms with van der Waals surface area (Å²) in [6, 6.07) is 11.5. The standard InChI is InChI=1S/C14H13N3O/c1-9-3-2-4-12(15-9)14-16-11-6-5-10(8-18)7-13(11)17-14/h2-7,18H,8H2,1H3,(H,16,17). The molecule has 1 aromatic carbocycles. The predicted octanol–water partition coefficient (Wildman–Crippen LogP) is 2.43. The summed E-state index contributed by atoms with van der Waals surface area (Å²) in [6.45, 7) is 1.98. The van der Waals surface area contributed by atoms with Gasteiger partial charge in [0.1, 0.15) is 5.69 Å². The van der Waals surface area contributed by atoms with Crippen LogP contribution in [0.4, 0.5) is 0 Å². The molecule has 3 rings (SSSR count). The number of H-pyrrole nitrogens is 1. The number of imidazole rings is 1. The molecule has 0 atom stereocenters. The highest BCUT2D eigenvalue weighted by molar-refractivity contribution is 5.79. The zero-order valence-electron chi connectivity index (χ0n) is 10.0. The fourth-order valence-electron chi connectivity index (χ4n) is 1.95. The number of fused-ring (bicyclic) bond motifs is 1. The van der Waals surface area contributed by atoms with E-state index in [1.165, 1.54) is 0 Å². The Kier molecular flexibility index (Phi) is 2.57. The Hall–Kier alpha value is -2.20. The van der Waals surface area contributed by atoms with Crippen LogP contribution in [0, 0.1) is 6.92 Å². The third-order valence-electron chi connectivity index (χ3n) is 2.86. The Bertz CT molecular complexity index is 703. The topological polar surface area (TPSA) is 61.8 Å². The van der Waals surface area contributed by atoms with Crippen molar-refractivity contribution in [2.24, 2.45) is 0 Å². The molecule has 0 saturated carbocycles. The van der Waals surface area contributed by atoms with E-state index in [9.17, 15) is 0 Å². The van der Waals surface area contributed by atoms with Gasteiger partial charge >= 0.3 is 0 Å². The minimum atomic E-state index is 0.0286. The highest BCUT2D eigenvalue weighted by Gasteiger charge is 2.06. The molecule has 2 aromatic heterocycles. The Labute approximate surface area is 104 Å². The van der Waals surface area contributed by atoms with Gasteiger partial charge in [0, 0.05) is 5.69 Å². The summed E-state index contributed by atoms with van der Waals surface area (Å²) in [5.41, 5.74) is 4.45. The molecule has 0 fully saturated rings. The zero-order chi connectivity index (χ0) is 12.5. The quantitative estimate of drug-likeness (QED) is 0.722. The van der Waals surface area contributed by atoms with Gasteiger partial charge in [-0.2, -0.15) is 0 Å². The van der Waals surface area contributed by atoms with E-state index < -0.39 is 0 Å². The number of aromatic nitrogens is 3. The molecular formula is C14H13N3O. The second-order valence-corrected chi connectivity index (χ2v) is 4.26. The van der Waals surface area contributed by atoms with Crippen molar-refractivity contribution < 1.29 is 5.11 Å². The molecule has 0 aliphatic rings. The van der Waals surface area contributed by atoms with Crippen LogP contribution < -0.4 is 0 Å². The number of aryl methyl sites for hydroxylation is 1. The number of aromatic amines is 1. The maximum Gasteiger partial charge on any atom is 0.157 e. The van der Waals surface area contributed by atoms with E-state index in [4.69, 9.17) is 5.11 Å². The lowest BCUT2D eigenvalue weighted by molar-refractivity contribution is 0.282. The summed E-state index contributed by atoms with van der Waals surface area (Å²) in [4.78, 5) is 12.2. The van der Waals surface area contributed by atoms with E-state index in [1.54, 1.807) is 0 Å². The fourth-order valence-corrected chi connectivity index (χ4v) is 1.95. The summed E-state index contributed by atoms with van der Waals surface area (Å²) in [5.74, 6) is 0.754. The second-order valence-electron chi connectivity index (χ2n) is 4.26. The number of nitrogens with zero attached hydrogens (tertiary/aromatic N) is 2. The summed E-state index contributed by atoms with van der Waals surface area (Å²) in [7, 11) is 0. The zero-order valence-corrected chi connectivity index (χ0v) is 10.0. The highest BCUT2D eigenvalue weighted by atomic mass is 16.3. The van der Waals surface area contributed by atoms with Crippen LogP contribution in [0.1, 0.15) is 11.3 Å². The third kappa shape index (κ3) is 1.87. The van der Waals surface area contributed by atoms with Crippen molar-refractivity contribution in [3.05, 3.63) is 47.7 Å². The van der Waals surface area contributed by atoms with Gasteiger partial charge in [-0.3, -0.25) is 0 Å². The monoisotopic (exact) mass is 239 g/mol. The van der Waals surface area contributed by atoms with Crippen LogP contribution in [0.2, 0.25) is 0 Å². The molecule has 2 heterocycles. The van der Waals surface area contributed by atoms with Crippen molar-refractivity contribution in [1.29, 1.82) is 0 Å². The van der Waals surface area contributed by atoms with E-state index in [2.05, 4.69) is 15.0 Å². The van der Waals surface area contributed by atoms with Gasteiger partial charge < -0.3 is 10.1 Å². The summed E-state index contributed by atoms with van der Waals surface area (Å²) < 4.78 is 0. The number of aliphatic hydroxyl groups is 1. The molecule has 18 heavy (non-hydrogen) atoms. The van der Waals surface area contributed by atoms with Crippen molar-refractivity contribution in [3.63, 3.8) is 0 Å². The SMILES string of the molecule is Cc1cccc(-c2nc3cc(CO)ccc3[nH]2)n1. The number of benzene rings is 1. The van der Waals surface area contributed by atoms with E-state index >= 15 is 0 Å². The number of hydrogen-bond acceptors (Lipinski definition) is 3. The maximum absolute atomic E-state index is 9.11. The summed E-state index contributed by atoms with van der Waals surface area (Å²) >= 11 is 0. The van der Waals surface area contributed by atoms with Crippen LogP contribution >= 0.6 is 0 Å². The first-order valence-electron chi connectivity index (χ1n) is 5.80. The highest BCUT2D eigenvalue weighted by Crippen LogP contribution is 2.20. The first kappa shape index (κ1) is 10.9. The van der Waals surface area contributed by atoms with Crippen molar-refractivity contribution in [1.82, 2.24) is 15.0 Å². The van der Waals surface area contributed by atoms with Gasteiger partial charge in [0.25, 0.3) is 0 Å². The largest absolute Gasteiger partial charge is 0.392 e. The van der Waals surface area contributed by atoms with E-state index in [-0.39, 0.29) is 6.61 Å². The molecule has 0 unspecified atom stereocenters. The summed E-state index contributed by atoms with van der Waals surface area (Å²) in [5, 5.41) is 9.11. The second kappa shape index (κ2) is 4.23. The van der Waals surface area contributed by atoms with Crippen molar-refractivity contribution in [2.75, 3.05) is 0 Å². The van der Waals surface area contributed by atoms with Gasteiger partial charge in [-0.1, -0.05) is 12.1 Å². The number of rotatable bonds is 2. The Morgan fingerprint density at radius 3 is 2.83 bits per heavy atom. The van der Waals surface area contributed by atoms with Crippen LogP contribution in [0.3, 0.4) is 0 Å². The van der Waals surface area contributed by atoms with E-state index in [0.29, 0.717) is 0 Å². The molecule has 0 amide bonds. The molecule has 0 aliphatic carbocycles. The van der Waals surface area contributed by atoms with Crippen LogP contribution in [-0.4, -0.2) is 20.1 Å². The first-order valence-corrected chi connectivity index (χ1v) is 5.80. The molecule has 0 bridgehead atoms. The molecule has 4 nitrogen and oxygen atoms in total. The summed E-state index contributed by atoms with van der Waals surface area (Å²) in [6.07, 6.45) is 0. The van der Waals surface area contributed by atoms with Gasteiger partial charge in [-0.25, -0.2) is 9.97 Å². The minimum absolute atomic E-state index is 0.0286. The maximum atomic E-state index is 9.11. The Morgan fingerprint density at radius 1 is 1.17 bits per heavy atom. The normalized spacial score (nSPS) is 11.0. The lowest BCUT2D eigenvalue weighted by Gasteiger charge is -1.96. The molecule has 0 saturated heterocycles. The van der Waals surface area contributed by atoms with E-state index in [0.717, 1.165) is 33.8 Å². The molecule has 2 N–H and O–H groups in total. The predicted molar refractivity (Wildman–Crippen MR) is 70.0 cm³/mol. The number of nitrogens with one attached hydrogen (secondary N) is 1. The molecule has 3 aromatic rings. The molecule has 0 spiro atoms. The molecule has 90 valence electrons. The van der Waals surface area contributed by atoms with Crippen LogP contribution in [-0.2, 0) is 6.61 Å². The van der Waals surface area contributed by atoms with Crippen LogP contribution in [0.15, 0.2) is 36.4 Å². The third-order valence-corrected chi connectivity index (χ3v) is 2.86. The minimum Gasteiger partial charge on any atom is -0.392 e. The van der Waals surface area contributed by atoms with Crippen molar-refractivity contribution in [2.45, 2.75) is 13.5 Å². The van der Waals surface area contributed by atoms with Crippen molar-refractivity contribution >= 4 is 11.0 Å². The number of pyridine rings is 1. The van der Waals surface area contributed by atoms with E-state index in [1.807, 2.05) is 43.3 Å². The average molecular weight is 239 g/mol. The molecular weight excluding hydrogens is 226 g/mol. The molecule has 0 radical (unpaired) electrons. The number of aliphatic hydroxyl groups excluding tert-OH is 1. The van der Waals surface area contributed by atoms with Crippen molar-refractivity contribution in [3.8, 4) is 11.5 Å². The van der Waals surface area contributed by atoms with Gasteiger partial charge in [0.2, 0.25) is 0 Å². The van der Waals surface area contributed by atoms with Crippen LogP contribution in [0.5, 0.6) is 0 Å². The lowest BCUT2D eigenvalue weighted by Crippen LogP contribution is -1.87. The first-order chi connectivity index (χ1) is 8.76. The number of hydrogen-bond donors (Lipinski definition) is 2. The van der Waals surface area contributed by atoms with Gasteiger partial charge in [-0.15, -0.1) is 0 Å². The average Bonchev–Trinajstić information content (AvgIpc) is 2.81. The smallest absolute Gasteiger partial charge is 0.157 e. The molecule has 4 heteroatoms. The Morgan fingerprint density at radius 2 is 2.06 bits per heavy atom.